The average molecular weight is 389 g/mol. The molecular weight excluding hydrogens is 368 g/mol. The molecule has 0 N–H and O–H groups in total. The minimum atomic E-state index is -2.41. The lowest BCUT2D eigenvalue weighted by atomic mass is 10.1. The third-order valence-corrected chi connectivity index (χ3v) is 4.98. The maximum Gasteiger partial charge on any atom is 0.276 e. The van der Waals surface area contributed by atoms with Crippen LogP contribution in [-0.4, -0.2) is 46.1 Å². The van der Waals surface area contributed by atoms with Crippen LogP contribution in [0.25, 0.3) is 10.9 Å². The number of hydrogen-bond donors (Lipinski definition) is 0. The van der Waals surface area contributed by atoms with Crippen molar-refractivity contribution in [3.63, 3.8) is 0 Å². The predicted molar refractivity (Wildman–Crippen MR) is 98.7 cm³/mol. The number of piperidine rings is 1. The number of benzene rings is 1. The second-order valence-electron chi connectivity index (χ2n) is 6.98. The molecule has 1 amide bonds. The van der Waals surface area contributed by atoms with E-state index in [1.165, 1.54) is 4.57 Å². The van der Waals surface area contributed by atoms with Gasteiger partial charge in [-0.15, -0.1) is 0 Å². The lowest BCUT2D eigenvalue weighted by molar-refractivity contribution is 0.0588. The van der Waals surface area contributed by atoms with E-state index >= 15 is 0 Å². The zero-order valence-corrected chi connectivity index (χ0v) is 15.5. The van der Waals surface area contributed by atoms with Crippen molar-refractivity contribution in [3.05, 3.63) is 48.0 Å². The third kappa shape index (κ3) is 3.72. The Morgan fingerprint density at radius 3 is 2.79 bits per heavy atom. The van der Waals surface area contributed by atoms with Gasteiger partial charge in [-0.3, -0.25) is 4.79 Å². The van der Waals surface area contributed by atoms with Crippen molar-refractivity contribution in [1.29, 1.82) is 0 Å². The number of aryl methyl sites for hydroxylation is 1. The fraction of sp³-hybridized carbons (Fsp3) is 0.400. The predicted octanol–water partition coefficient (Wildman–Crippen LogP) is 3.89. The number of ether oxygens (including phenoxy) is 1. The van der Waals surface area contributed by atoms with E-state index in [2.05, 4.69) is 5.16 Å². The molecule has 1 aliphatic rings. The summed E-state index contributed by atoms with van der Waals surface area (Å²) in [6.07, 6.45) is 0.598. The molecule has 1 aromatic carbocycles. The SMILES string of the molecule is Cc1cc(C(=O)N2CCC(Oc3cccc4c3ccn4CC(F)F)CC2)no1. The highest BCUT2D eigenvalue weighted by molar-refractivity contribution is 5.92. The Morgan fingerprint density at radius 1 is 1.32 bits per heavy atom. The average Bonchev–Trinajstić information content (AvgIpc) is 3.29. The van der Waals surface area contributed by atoms with Crippen LogP contribution in [-0.2, 0) is 6.54 Å². The maximum atomic E-state index is 12.7. The first kappa shape index (κ1) is 18.5. The van der Waals surface area contributed by atoms with E-state index in [0.717, 1.165) is 10.9 Å². The molecule has 0 spiro atoms. The molecule has 0 atom stereocenters. The lowest BCUT2D eigenvalue weighted by Gasteiger charge is -2.31. The Hall–Kier alpha value is -2.90. The number of alkyl halides is 2. The minimum absolute atomic E-state index is 0.0351. The van der Waals surface area contributed by atoms with E-state index < -0.39 is 6.43 Å². The summed E-state index contributed by atoms with van der Waals surface area (Å²) in [5.74, 6) is 1.15. The second kappa shape index (κ2) is 7.61. The van der Waals surface area contributed by atoms with E-state index in [1.807, 2.05) is 18.2 Å². The number of aromatic nitrogens is 2. The third-order valence-electron chi connectivity index (χ3n) is 4.98. The molecule has 1 fully saturated rings. The summed E-state index contributed by atoms with van der Waals surface area (Å²) in [6, 6.07) is 8.91. The first-order valence-electron chi connectivity index (χ1n) is 9.26. The van der Waals surface area contributed by atoms with Crippen molar-refractivity contribution in [2.24, 2.45) is 0 Å². The number of hydrogen-bond acceptors (Lipinski definition) is 4. The molecule has 3 aromatic rings. The summed E-state index contributed by atoms with van der Waals surface area (Å²) in [5.41, 5.74) is 1.05. The highest BCUT2D eigenvalue weighted by Crippen LogP contribution is 2.29. The van der Waals surface area contributed by atoms with Gasteiger partial charge in [0.2, 0.25) is 0 Å². The maximum absolute atomic E-state index is 12.7. The van der Waals surface area contributed by atoms with Gasteiger partial charge in [-0.2, -0.15) is 0 Å². The Bertz CT molecular complexity index is 974. The molecule has 28 heavy (non-hydrogen) atoms. The smallest absolute Gasteiger partial charge is 0.276 e. The van der Waals surface area contributed by atoms with Gasteiger partial charge in [0, 0.05) is 43.6 Å². The van der Waals surface area contributed by atoms with Gasteiger partial charge < -0.3 is 18.7 Å². The van der Waals surface area contributed by atoms with E-state index in [0.29, 0.717) is 43.1 Å². The zero-order chi connectivity index (χ0) is 19.7. The van der Waals surface area contributed by atoms with Gasteiger partial charge >= 0.3 is 0 Å². The summed E-state index contributed by atoms with van der Waals surface area (Å²) >= 11 is 0. The molecule has 0 radical (unpaired) electrons. The molecule has 0 bridgehead atoms. The fourth-order valence-corrected chi connectivity index (χ4v) is 3.59. The molecule has 0 aliphatic carbocycles. The van der Waals surface area contributed by atoms with Crippen LogP contribution in [0.5, 0.6) is 5.75 Å². The quantitative estimate of drug-likeness (QED) is 0.664. The van der Waals surface area contributed by atoms with Gasteiger partial charge in [-0.1, -0.05) is 11.2 Å². The van der Waals surface area contributed by atoms with Crippen molar-refractivity contribution in [2.75, 3.05) is 13.1 Å². The van der Waals surface area contributed by atoms with Crippen molar-refractivity contribution in [2.45, 2.75) is 38.8 Å². The fourth-order valence-electron chi connectivity index (χ4n) is 3.59. The first-order chi connectivity index (χ1) is 13.5. The zero-order valence-electron chi connectivity index (χ0n) is 15.5. The van der Waals surface area contributed by atoms with Crippen LogP contribution in [0.4, 0.5) is 8.78 Å². The molecule has 1 aliphatic heterocycles. The van der Waals surface area contributed by atoms with Crippen molar-refractivity contribution < 1.29 is 22.8 Å². The number of likely N-dealkylation sites (tertiary alicyclic amines) is 1. The molecule has 148 valence electrons. The molecule has 3 heterocycles. The molecule has 2 aromatic heterocycles. The highest BCUT2D eigenvalue weighted by atomic mass is 19.3. The Balaban J connectivity index is 1.41. The van der Waals surface area contributed by atoms with Crippen LogP contribution >= 0.6 is 0 Å². The molecule has 1 saturated heterocycles. The summed E-state index contributed by atoms with van der Waals surface area (Å²) in [7, 11) is 0. The number of rotatable bonds is 5. The van der Waals surface area contributed by atoms with Gasteiger partial charge in [0.15, 0.2) is 5.69 Å². The normalized spacial score (nSPS) is 15.5. The minimum Gasteiger partial charge on any atom is -0.490 e. The van der Waals surface area contributed by atoms with Crippen LogP contribution < -0.4 is 4.74 Å². The number of carbonyl (C=O) groups excluding carboxylic acids is 1. The van der Waals surface area contributed by atoms with E-state index in [4.69, 9.17) is 9.26 Å². The van der Waals surface area contributed by atoms with Gasteiger partial charge in [0.25, 0.3) is 12.3 Å². The Kier molecular flexibility index (Phi) is 5.02. The number of carbonyl (C=O) groups is 1. The van der Waals surface area contributed by atoms with Crippen molar-refractivity contribution in [3.8, 4) is 5.75 Å². The first-order valence-corrected chi connectivity index (χ1v) is 9.26. The summed E-state index contributed by atoms with van der Waals surface area (Å²) in [5, 5.41) is 4.60. The van der Waals surface area contributed by atoms with Crippen LogP contribution in [0.2, 0.25) is 0 Å². The molecular formula is C20H21F2N3O3. The molecule has 0 saturated carbocycles. The number of fused-ring (bicyclic) bond motifs is 1. The topological polar surface area (TPSA) is 60.5 Å². The summed E-state index contributed by atoms with van der Waals surface area (Å²) in [4.78, 5) is 14.2. The molecule has 4 rings (SSSR count). The Labute approximate surface area is 160 Å². The van der Waals surface area contributed by atoms with E-state index in [9.17, 15) is 13.6 Å². The largest absolute Gasteiger partial charge is 0.490 e. The van der Waals surface area contributed by atoms with Crippen LogP contribution in [0, 0.1) is 6.92 Å². The van der Waals surface area contributed by atoms with Gasteiger partial charge in [-0.25, -0.2) is 8.78 Å². The van der Waals surface area contributed by atoms with Crippen molar-refractivity contribution >= 4 is 16.8 Å². The highest BCUT2D eigenvalue weighted by Gasteiger charge is 2.26. The second-order valence-corrected chi connectivity index (χ2v) is 6.98. The number of nitrogens with zero attached hydrogens (tertiary/aromatic N) is 3. The molecule has 8 heteroatoms. The lowest BCUT2D eigenvalue weighted by Crippen LogP contribution is -2.41. The van der Waals surface area contributed by atoms with Gasteiger partial charge in [-0.05, 0) is 25.1 Å². The Morgan fingerprint density at radius 2 is 2.11 bits per heavy atom. The summed E-state index contributed by atoms with van der Waals surface area (Å²) < 4.78 is 38.1. The van der Waals surface area contributed by atoms with Crippen molar-refractivity contribution in [1.82, 2.24) is 14.6 Å². The van der Waals surface area contributed by atoms with Crippen LogP contribution in [0.15, 0.2) is 41.1 Å². The van der Waals surface area contributed by atoms with Gasteiger partial charge in [0.1, 0.15) is 17.6 Å². The number of halogens is 2. The number of amides is 1. The van der Waals surface area contributed by atoms with E-state index in [-0.39, 0.29) is 18.6 Å². The van der Waals surface area contributed by atoms with Gasteiger partial charge in [0.05, 0.1) is 12.1 Å². The van der Waals surface area contributed by atoms with E-state index in [1.54, 1.807) is 30.2 Å². The van der Waals surface area contributed by atoms with Crippen LogP contribution in [0.3, 0.4) is 0 Å². The molecule has 6 nitrogen and oxygen atoms in total. The summed E-state index contributed by atoms with van der Waals surface area (Å²) in [6.45, 7) is 2.55. The monoisotopic (exact) mass is 389 g/mol. The standard InChI is InChI=1S/C20H21F2N3O3/c1-13-11-16(23-28-13)20(26)24-8-5-14(6-9-24)27-18-4-2-3-17-15(18)7-10-25(17)12-19(21)22/h2-4,7,10-11,14,19H,5-6,8-9,12H2,1H3. The van der Waals surface area contributed by atoms with Crippen LogP contribution in [0.1, 0.15) is 29.1 Å². The molecule has 0 unspecified atom stereocenters.